The van der Waals surface area contributed by atoms with Crippen molar-refractivity contribution >= 4 is 15.9 Å². The lowest BCUT2D eigenvalue weighted by molar-refractivity contribution is 0.0463. The van der Waals surface area contributed by atoms with E-state index in [9.17, 15) is 22.0 Å². The molecule has 1 amide bonds. The van der Waals surface area contributed by atoms with E-state index in [1.165, 1.54) is 9.21 Å². The molecule has 0 spiro atoms. The quantitative estimate of drug-likeness (QED) is 0.787. The van der Waals surface area contributed by atoms with Gasteiger partial charge in [0.05, 0.1) is 24.5 Å². The Labute approximate surface area is 151 Å². The summed E-state index contributed by atoms with van der Waals surface area (Å²) in [6.45, 7) is 3.06. The third kappa shape index (κ3) is 3.74. The minimum Gasteiger partial charge on any atom is -0.380 e. The molecular formula is C17H22F2N2O4S. The monoisotopic (exact) mass is 388 g/mol. The highest BCUT2D eigenvalue weighted by Crippen LogP contribution is 2.28. The highest BCUT2D eigenvalue weighted by Gasteiger charge is 2.41. The molecule has 1 aromatic rings. The van der Waals surface area contributed by atoms with Gasteiger partial charge < -0.3 is 9.64 Å². The maximum absolute atomic E-state index is 13.9. The minimum absolute atomic E-state index is 0.00731. The van der Waals surface area contributed by atoms with Crippen LogP contribution in [0.15, 0.2) is 18.2 Å². The molecule has 0 saturated carbocycles. The molecule has 9 heteroatoms. The zero-order chi connectivity index (χ0) is 18.9. The van der Waals surface area contributed by atoms with Gasteiger partial charge in [0.25, 0.3) is 5.91 Å². The smallest absolute Gasteiger partial charge is 0.256 e. The van der Waals surface area contributed by atoms with Gasteiger partial charge in [0, 0.05) is 31.6 Å². The zero-order valence-corrected chi connectivity index (χ0v) is 15.3. The Morgan fingerprint density at radius 1 is 1.31 bits per heavy atom. The van der Waals surface area contributed by atoms with E-state index in [2.05, 4.69) is 0 Å². The summed E-state index contributed by atoms with van der Waals surface area (Å²) in [4.78, 5) is 14.1. The van der Waals surface area contributed by atoms with Gasteiger partial charge in [-0.05, 0) is 31.5 Å². The van der Waals surface area contributed by atoms with E-state index >= 15 is 0 Å². The Morgan fingerprint density at radius 2 is 2.08 bits per heavy atom. The molecule has 2 saturated heterocycles. The fourth-order valence-corrected chi connectivity index (χ4v) is 5.02. The molecule has 2 fully saturated rings. The van der Waals surface area contributed by atoms with E-state index in [0.29, 0.717) is 26.2 Å². The predicted octanol–water partition coefficient (Wildman–Crippen LogP) is 1.48. The normalized spacial score (nSPS) is 24.8. The number of carbonyl (C=O) groups excluding carboxylic acids is 1. The second-order valence-electron chi connectivity index (χ2n) is 6.58. The van der Waals surface area contributed by atoms with Gasteiger partial charge in [-0.25, -0.2) is 17.2 Å². The Hall–Kier alpha value is -1.58. The van der Waals surface area contributed by atoms with Crippen molar-refractivity contribution in [1.82, 2.24) is 9.21 Å². The molecule has 0 aliphatic carbocycles. The summed E-state index contributed by atoms with van der Waals surface area (Å²) in [5.41, 5.74) is -0.309. The minimum atomic E-state index is -3.38. The first-order valence-corrected chi connectivity index (χ1v) is 10.3. The van der Waals surface area contributed by atoms with E-state index < -0.39 is 27.6 Å². The topological polar surface area (TPSA) is 66.9 Å². The molecule has 2 heterocycles. The number of benzene rings is 1. The molecule has 0 unspecified atom stereocenters. The van der Waals surface area contributed by atoms with E-state index in [1.54, 1.807) is 6.92 Å². The van der Waals surface area contributed by atoms with Crippen LogP contribution in [0.5, 0.6) is 0 Å². The van der Waals surface area contributed by atoms with Gasteiger partial charge in [-0.1, -0.05) is 0 Å². The third-order valence-electron chi connectivity index (χ3n) is 5.02. The Kier molecular flexibility index (Phi) is 5.59. The summed E-state index contributed by atoms with van der Waals surface area (Å²) in [5.74, 6) is -2.23. The molecule has 0 radical (unpaired) electrons. The lowest BCUT2D eigenvalue weighted by atomic mass is 9.92. The molecule has 0 N–H and O–H groups in total. The predicted molar refractivity (Wildman–Crippen MR) is 91.1 cm³/mol. The molecule has 1 aromatic carbocycles. The lowest BCUT2D eigenvalue weighted by Crippen LogP contribution is -2.54. The number of rotatable bonds is 3. The second kappa shape index (κ2) is 7.58. The number of nitrogens with zero attached hydrogens (tertiary/aromatic N) is 2. The maximum Gasteiger partial charge on any atom is 0.256 e. The van der Waals surface area contributed by atoms with Gasteiger partial charge in [0.15, 0.2) is 0 Å². The van der Waals surface area contributed by atoms with E-state index in [-0.39, 0.29) is 36.4 Å². The molecule has 0 aromatic heterocycles. The highest BCUT2D eigenvalue weighted by molar-refractivity contribution is 7.89. The Morgan fingerprint density at radius 3 is 2.81 bits per heavy atom. The number of likely N-dealkylation sites (tertiary alicyclic amines) is 1. The average molecular weight is 388 g/mol. The van der Waals surface area contributed by atoms with Crippen molar-refractivity contribution in [3.8, 4) is 0 Å². The van der Waals surface area contributed by atoms with E-state index in [1.807, 2.05) is 0 Å². The molecule has 2 aliphatic heterocycles. The van der Waals surface area contributed by atoms with Crippen LogP contribution in [0, 0.1) is 17.6 Å². The van der Waals surface area contributed by atoms with E-state index in [0.717, 1.165) is 18.2 Å². The van der Waals surface area contributed by atoms with Crippen LogP contribution in [0.25, 0.3) is 0 Å². The summed E-state index contributed by atoms with van der Waals surface area (Å²) in [5, 5.41) is 0. The van der Waals surface area contributed by atoms with Crippen LogP contribution < -0.4 is 0 Å². The van der Waals surface area contributed by atoms with Crippen LogP contribution >= 0.6 is 0 Å². The molecule has 2 atom stereocenters. The number of amides is 1. The fraction of sp³-hybridized carbons (Fsp3) is 0.588. The average Bonchev–Trinajstić information content (AvgIpc) is 2.85. The van der Waals surface area contributed by atoms with Crippen molar-refractivity contribution in [1.29, 1.82) is 0 Å². The van der Waals surface area contributed by atoms with Gasteiger partial charge in [0.2, 0.25) is 10.0 Å². The van der Waals surface area contributed by atoms with Crippen LogP contribution in [0.3, 0.4) is 0 Å². The summed E-state index contributed by atoms with van der Waals surface area (Å²) in [7, 11) is -3.38. The zero-order valence-electron chi connectivity index (χ0n) is 14.5. The van der Waals surface area contributed by atoms with Crippen LogP contribution in [0.1, 0.15) is 23.7 Å². The van der Waals surface area contributed by atoms with Crippen molar-refractivity contribution in [2.45, 2.75) is 19.4 Å². The number of fused-ring (bicyclic) bond motifs is 1. The first-order chi connectivity index (χ1) is 12.3. The third-order valence-corrected chi connectivity index (χ3v) is 6.92. The lowest BCUT2D eigenvalue weighted by Gasteiger charge is -2.41. The van der Waals surface area contributed by atoms with Crippen molar-refractivity contribution in [2.24, 2.45) is 5.92 Å². The number of piperidine rings is 1. The van der Waals surface area contributed by atoms with Crippen molar-refractivity contribution in [3.05, 3.63) is 35.4 Å². The molecule has 6 nitrogen and oxygen atoms in total. The fourth-order valence-electron chi connectivity index (χ4n) is 3.65. The van der Waals surface area contributed by atoms with Crippen molar-refractivity contribution < 1.29 is 26.7 Å². The number of hydrogen-bond acceptors (Lipinski definition) is 4. The van der Waals surface area contributed by atoms with Crippen molar-refractivity contribution in [2.75, 3.05) is 38.6 Å². The largest absolute Gasteiger partial charge is 0.380 e. The van der Waals surface area contributed by atoms with Crippen molar-refractivity contribution in [3.63, 3.8) is 0 Å². The maximum atomic E-state index is 13.9. The summed E-state index contributed by atoms with van der Waals surface area (Å²) in [6, 6.07) is 2.54. The molecule has 26 heavy (non-hydrogen) atoms. The van der Waals surface area contributed by atoms with Gasteiger partial charge >= 0.3 is 0 Å². The van der Waals surface area contributed by atoms with Gasteiger partial charge in [-0.15, -0.1) is 0 Å². The highest BCUT2D eigenvalue weighted by atomic mass is 32.2. The summed E-state index contributed by atoms with van der Waals surface area (Å²) >= 11 is 0. The van der Waals surface area contributed by atoms with Crippen LogP contribution in [-0.2, 0) is 14.8 Å². The summed E-state index contributed by atoms with van der Waals surface area (Å²) in [6.07, 6.45) is 0.440. The summed E-state index contributed by atoms with van der Waals surface area (Å²) < 4.78 is 59.1. The van der Waals surface area contributed by atoms with Crippen LogP contribution in [0.2, 0.25) is 0 Å². The molecule has 0 bridgehead atoms. The Bertz CT molecular complexity index is 787. The first-order valence-electron chi connectivity index (χ1n) is 8.65. The van der Waals surface area contributed by atoms with Gasteiger partial charge in [0.1, 0.15) is 11.6 Å². The molecule has 3 rings (SSSR count). The van der Waals surface area contributed by atoms with Gasteiger partial charge in [-0.2, -0.15) is 4.31 Å². The molecule has 2 aliphatic rings. The number of hydrogen-bond donors (Lipinski definition) is 0. The first kappa shape index (κ1) is 19.2. The van der Waals surface area contributed by atoms with Crippen LogP contribution in [0.4, 0.5) is 8.78 Å². The number of halogens is 2. The SMILES string of the molecule is CCS(=O)(=O)N1CCOC[C@H]2CN(C(=O)c3cc(F)ccc3F)CC[C@H]21. The Balaban J connectivity index is 1.80. The number of sulfonamides is 1. The van der Waals surface area contributed by atoms with Gasteiger partial charge in [-0.3, -0.25) is 4.79 Å². The number of ether oxygens (including phenoxy) is 1. The number of carbonyl (C=O) groups is 1. The second-order valence-corrected chi connectivity index (χ2v) is 8.79. The standard InChI is InChI=1S/C17H22F2N2O4S/c1-2-26(23,24)21-7-8-25-11-12-10-20(6-5-16(12)21)17(22)14-9-13(18)3-4-15(14)19/h3-4,9,12,16H,2,5-8,10-11H2,1H3/t12-,16-/m1/s1. The van der Waals surface area contributed by atoms with E-state index in [4.69, 9.17) is 4.74 Å². The van der Waals surface area contributed by atoms with Crippen LogP contribution in [-0.4, -0.2) is 68.2 Å². The molecular weight excluding hydrogens is 366 g/mol. The molecule has 144 valence electrons.